The fourth-order valence-corrected chi connectivity index (χ4v) is 4.21. The molecule has 1 aromatic carbocycles. The largest absolute Gasteiger partial charge is 0.324 e. The fourth-order valence-electron chi connectivity index (χ4n) is 2.63. The molecule has 0 bridgehead atoms. The number of rotatable bonds is 6. The maximum atomic E-state index is 12.3. The van der Waals surface area contributed by atoms with Crippen molar-refractivity contribution < 1.29 is 8.42 Å². The number of benzene rings is 1. The summed E-state index contributed by atoms with van der Waals surface area (Å²) in [6.07, 6.45) is 1.62. The lowest BCUT2D eigenvalue weighted by Gasteiger charge is -2.17. The van der Waals surface area contributed by atoms with Crippen molar-refractivity contribution in [3.05, 3.63) is 34.9 Å². The van der Waals surface area contributed by atoms with Crippen LogP contribution in [0, 0.1) is 5.92 Å². The molecule has 0 radical (unpaired) electrons. The van der Waals surface area contributed by atoms with Gasteiger partial charge in [0.1, 0.15) is 0 Å². The predicted molar refractivity (Wildman–Crippen MR) is 86.2 cm³/mol. The molecule has 1 heterocycles. The fraction of sp³-hybridized carbons (Fsp3) is 0.625. The van der Waals surface area contributed by atoms with E-state index in [-0.39, 0.29) is 11.8 Å². The SMILES string of the molecule is CCCCS(=O)(=O)N1Cc2ccc(C(N)C(C)C)cc2C1. The summed E-state index contributed by atoms with van der Waals surface area (Å²) >= 11 is 0. The molecule has 1 aliphatic heterocycles. The third-order valence-corrected chi connectivity index (χ3v) is 6.03. The van der Waals surface area contributed by atoms with Crippen molar-refractivity contribution >= 4 is 10.0 Å². The summed E-state index contributed by atoms with van der Waals surface area (Å²) < 4.78 is 26.2. The van der Waals surface area contributed by atoms with E-state index in [4.69, 9.17) is 5.73 Å². The molecule has 0 spiro atoms. The highest BCUT2D eigenvalue weighted by Gasteiger charge is 2.29. The summed E-state index contributed by atoms with van der Waals surface area (Å²) in [5.74, 6) is 0.615. The van der Waals surface area contributed by atoms with Crippen molar-refractivity contribution in [3.8, 4) is 0 Å². The molecule has 2 N–H and O–H groups in total. The molecule has 2 rings (SSSR count). The molecule has 1 aliphatic rings. The molecule has 21 heavy (non-hydrogen) atoms. The van der Waals surface area contributed by atoms with Crippen LogP contribution in [0.2, 0.25) is 0 Å². The van der Waals surface area contributed by atoms with Gasteiger partial charge in [-0.15, -0.1) is 0 Å². The average molecular weight is 310 g/mol. The minimum atomic E-state index is -3.14. The highest BCUT2D eigenvalue weighted by atomic mass is 32.2. The summed E-state index contributed by atoms with van der Waals surface area (Å²) in [5.41, 5.74) is 9.49. The van der Waals surface area contributed by atoms with E-state index in [1.54, 1.807) is 4.31 Å². The zero-order valence-electron chi connectivity index (χ0n) is 13.2. The van der Waals surface area contributed by atoms with Gasteiger partial charge in [-0.25, -0.2) is 8.42 Å². The summed E-state index contributed by atoms with van der Waals surface area (Å²) in [4.78, 5) is 0. The van der Waals surface area contributed by atoms with Gasteiger partial charge in [-0.2, -0.15) is 4.31 Å². The van der Waals surface area contributed by atoms with Gasteiger partial charge in [-0.1, -0.05) is 45.4 Å². The monoisotopic (exact) mass is 310 g/mol. The van der Waals surface area contributed by atoms with Crippen molar-refractivity contribution in [2.45, 2.75) is 52.7 Å². The third-order valence-electron chi connectivity index (χ3n) is 4.18. The first-order chi connectivity index (χ1) is 9.85. The highest BCUT2D eigenvalue weighted by Crippen LogP contribution is 2.29. The van der Waals surface area contributed by atoms with Crippen molar-refractivity contribution in [1.82, 2.24) is 4.31 Å². The molecule has 0 fully saturated rings. The first-order valence-corrected chi connectivity index (χ1v) is 9.31. The van der Waals surface area contributed by atoms with Gasteiger partial charge < -0.3 is 5.73 Å². The smallest absolute Gasteiger partial charge is 0.214 e. The molecule has 1 atom stereocenters. The summed E-state index contributed by atoms with van der Waals surface area (Å²) in [6, 6.07) is 6.14. The van der Waals surface area contributed by atoms with Gasteiger partial charge in [0, 0.05) is 19.1 Å². The van der Waals surface area contributed by atoms with Gasteiger partial charge in [0.05, 0.1) is 5.75 Å². The zero-order chi connectivity index (χ0) is 15.6. The van der Waals surface area contributed by atoms with Gasteiger partial charge in [-0.05, 0) is 29.0 Å². The molecular formula is C16H26N2O2S. The lowest BCUT2D eigenvalue weighted by molar-refractivity contribution is 0.430. The van der Waals surface area contributed by atoms with Crippen LogP contribution in [0.1, 0.15) is 56.3 Å². The Balaban J connectivity index is 2.16. The molecular weight excluding hydrogens is 284 g/mol. The van der Waals surface area contributed by atoms with Crippen LogP contribution in [0.5, 0.6) is 0 Å². The molecule has 0 saturated heterocycles. The molecule has 5 heteroatoms. The van der Waals surface area contributed by atoms with Crippen LogP contribution in [0.3, 0.4) is 0 Å². The van der Waals surface area contributed by atoms with E-state index < -0.39 is 10.0 Å². The maximum absolute atomic E-state index is 12.3. The standard InChI is InChI=1S/C16H26N2O2S/c1-4-5-8-21(19,20)18-10-14-7-6-13(9-15(14)11-18)16(17)12(2)3/h6-7,9,12,16H,4-5,8,10-11,17H2,1-3H3. The Kier molecular flexibility index (Phi) is 5.07. The number of sulfonamides is 1. The Hall–Kier alpha value is -0.910. The molecule has 0 aliphatic carbocycles. The zero-order valence-corrected chi connectivity index (χ0v) is 14.0. The van der Waals surface area contributed by atoms with Gasteiger partial charge >= 0.3 is 0 Å². The first-order valence-electron chi connectivity index (χ1n) is 7.70. The topological polar surface area (TPSA) is 63.4 Å². The minimum absolute atomic E-state index is 0.000971. The molecule has 1 unspecified atom stereocenters. The lowest BCUT2D eigenvalue weighted by Crippen LogP contribution is -2.28. The minimum Gasteiger partial charge on any atom is -0.324 e. The van der Waals surface area contributed by atoms with Gasteiger partial charge in [0.15, 0.2) is 0 Å². The Bertz CT molecular complexity index is 596. The Morgan fingerprint density at radius 2 is 1.90 bits per heavy atom. The van der Waals surface area contributed by atoms with Crippen molar-refractivity contribution in [2.24, 2.45) is 11.7 Å². The Morgan fingerprint density at radius 3 is 2.52 bits per heavy atom. The highest BCUT2D eigenvalue weighted by molar-refractivity contribution is 7.89. The molecule has 118 valence electrons. The second-order valence-electron chi connectivity index (χ2n) is 6.24. The van der Waals surface area contributed by atoms with Crippen LogP contribution in [0.4, 0.5) is 0 Å². The van der Waals surface area contributed by atoms with E-state index in [0.717, 1.165) is 29.5 Å². The maximum Gasteiger partial charge on any atom is 0.214 e. The number of nitrogens with two attached hydrogens (primary N) is 1. The van der Waals surface area contributed by atoms with E-state index >= 15 is 0 Å². The van der Waals surface area contributed by atoms with Crippen LogP contribution in [-0.2, 0) is 23.1 Å². The van der Waals surface area contributed by atoms with Crippen LogP contribution in [0.15, 0.2) is 18.2 Å². The number of hydrogen-bond acceptors (Lipinski definition) is 3. The summed E-state index contributed by atoms with van der Waals surface area (Å²) in [5, 5.41) is 0. The van der Waals surface area contributed by atoms with Crippen molar-refractivity contribution in [1.29, 1.82) is 0 Å². The van der Waals surface area contributed by atoms with Gasteiger partial charge in [0.2, 0.25) is 10.0 Å². The lowest BCUT2D eigenvalue weighted by atomic mass is 9.94. The van der Waals surface area contributed by atoms with E-state index in [0.29, 0.717) is 19.0 Å². The Labute approximate surface area is 128 Å². The quantitative estimate of drug-likeness (QED) is 0.878. The van der Waals surface area contributed by atoms with Crippen LogP contribution >= 0.6 is 0 Å². The van der Waals surface area contributed by atoms with Crippen LogP contribution < -0.4 is 5.73 Å². The van der Waals surface area contributed by atoms with E-state index in [2.05, 4.69) is 19.9 Å². The van der Waals surface area contributed by atoms with Crippen molar-refractivity contribution in [3.63, 3.8) is 0 Å². The summed E-state index contributed by atoms with van der Waals surface area (Å²) in [7, 11) is -3.14. The molecule has 0 amide bonds. The summed E-state index contributed by atoms with van der Waals surface area (Å²) in [6.45, 7) is 7.19. The average Bonchev–Trinajstić information content (AvgIpc) is 2.88. The van der Waals surface area contributed by atoms with E-state index in [1.165, 1.54) is 0 Å². The Morgan fingerprint density at radius 1 is 1.24 bits per heavy atom. The van der Waals surface area contributed by atoms with Gasteiger partial charge in [-0.3, -0.25) is 0 Å². The normalized spacial score (nSPS) is 17.2. The number of fused-ring (bicyclic) bond motifs is 1. The third kappa shape index (κ3) is 3.65. The molecule has 4 nitrogen and oxygen atoms in total. The first kappa shape index (κ1) is 16.5. The van der Waals surface area contributed by atoms with E-state index in [1.807, 2.05) is 19.1 Å². The molecule has 0 aromatic heterocycles. The molecule has 1 aromatic rings. The van der Waals surface area contributed by atoms with Crippen molar-refractivity contribution in [2.75, 3.05) is 5.75 Å². The molecule has 0 saturated carbocycles. The van der Waals surface area contributed by atoms with E-state index in [9.17, 15) is 8.42 Å². The van der Waals surface area contributed by atoms with Gasteiger partial charge in [0.25, 0.3) is 0 Å². The predicted octanol–water partition coefficient (Wildman–Crippen LogP) is 2.79. The van der Waals surface area contributed by atoms with Crippen LogP contribution in [0.25, 0.3) is 0 Å². The number of hydrogen-bond donors (Lipinski definition) is 1. The number of nitrogens with zero attached hydrogens (tertiary/aromatic N) is 1. The number of unbranched alkanes of at least 4 members (excludes halogenated alkanes) is 1. The second-order valence-corrected chi connectivity index (χ2v) is 8.32. The van der Waals surface area contributed by atoms with Crippen LogP contribution in [-0.4, -0.2) is 18.5 Å². The second kappa shape index (κ2) is 6.46.